The van der Waals surface area contributed by atoms with Crippen molar-refractivity contribution in [3.8, 4) is 5.75 Å². The maximum absolute atomic E-state index is 12.1. The number of nitrogens with zero attached hydrogens (tertiary/aromatic N) is 1. The standard InChI is InChI=1S/C13H15Br2NO4S/c1-16(10-4-5-21(18,19)8-10)13(17)7-20-12-3-2-9(14)6-11(12)15/h2-3,6,10H,4-5,7-8H2,1H3. The maximum Gasteiger partial charge on any atom is 0.260 e. The Kier molecular flexibility index (Phi) is 5.32. The fourth-order valence-corrected chi connectivity index (χ4v) is 5.05. The van der Waals surface area contributed by atoms with Crippen LogP contribution in [0.2, 0.25) is 0 Å². The summed E-state index contributed by atoms with van der Waals surface area (Å²) in [5, 5.41) is 0. The van der Waals surface area contributed by atoms with E-state index in [9.17, 15) is 13.2 Å². The minimum atomic E-state index is -3.00. The van der Waals surface area contributed by atoms with Gasteiger partial charge in [-0.2, -0.15) is 0 Å². The van der Waals surface area contributed by atoms with Gasteiger partial charge in [0.15, 0.2) is 16.4 Å². The average molecular weight is 441 g/mol. The molecule has 0 aliphatic carbocycles. The highest BCUT2D eigenvalue weighted by atomic mass is 79.9. The maximum atomic E-state index is 12.1. The number of carbonyl (C=O) groups is 1. The van der Waals surface area contributed by atoms with Crippen LogP contribution in [-0.2, 0) is 14.6 Å². The third-order valence-electron chi connectivity index (χ3n) is 3.39. The van der Waals surface area contributed by atoms with Crippen molar-refractivity contribution in [3.05, 3.63) is 27.1 Å². The molecule has 1 aromatic carbocycles. The zero-order chi connectivity index (χ0) is 15.6. The fraction of sp³-hybridized carbons (Fsp3) is 0.462. The van der Waals surface area contributed by atoms with Gasteiger partial charge in [0, 0.05) is 17.6 Å². The van der Waals surface area contributed by atoms with Crippen molar-refractivity contribution in [2.75, 3.05) is 25.2 Å². The van der Waals surface area contributed by atoms with Crippen molar-refractivity contribution in [1.29, 1.82) is 0 Å². The summed E-state index contributed by atoms with van der Waals surface area (Å²) in [6, 6.07) is 5.14. The first kappa shape index (κ1) is 16.8. The van der Waals surface area contributed by atoms with Crippen LogP contribution in [0.4, 0.5) is 0 Å². The number of benzene rings is 1. The fourth-order valence-electron chi connectivity index (χ4n) is 2.12. The topological polar surface area (TPSA) is 63.7 Å². The van der Waals surface area contributed by atoms with E-state index in [1.165, 1.54) is 4.90 Å². The Hall–Kier alpha value is -0.600. The zero-order valence-corrected chi connectivity index (χ0v) is 15.4. The number of amides is 1. The van der Waals surface area contributed by atoms with E-state index < -0.39 is 9.84 Å². The van der Waals surface area contributed by atoms with Crippen LogP contribution in [0.15, 0.2) is 27.1 Å². The van der Waals surface area contributed by atoms with Gasteiger partial charge in [-0.3, -0.25) is 4.79 Å². The second-order valence-corrected chi connectivity index (χ2v) is 8.92. The first-order valence-corrected chi connectivity index (χ1v) is 9.73. The van der Waals surface area contributed by atoms with Gasteiger partial charge in [0.05, 0.1) is 16.0 Å². The van der Waals surface area contributed by atoms with E-state index in [0.717, 1.165) is 8.95 Å². The molecule has 1 amide bonds. The van der Waals surface area contributed by atoms with Crippen LogP contribution in [0, 0.1) is 0 Å². The number of likely N-dealkylation sites (N-methyl/N-ethyl adjacent to an activating group) is 1. The Balaban J connectivity index is 1.92. The summed E-state index contributed by atoms with van der Waals surface area (Å²) in [5.74, 6) is 0.525. The molecular formula is C13H15Br2NO4S. The number of halogens is 2. The molecule has 1 atom stereocenters. The van der Waals surface area contributed by atoms with E-state index in [1.54, 1.807) is 13.1 Å². The molecule has 116 valence electrons. The largest absolute Gasteiger partial charge is 0.483 e. The summed E-state index contributed by atoms with van der Waals surface area (Å²) in [4.78, 5) is 13.5. The van der Waals surface area contributed by atoms with Gasteiger partial charge in [0.2, 0.25) is 0 Å². The van der Waals surface area contributed by atoms with E-state index in [2.05, 4.69) is 31.9 Å². The van der Waals surface area contributed by atoms with Crippen LogP contribution in [-0.4, -0.2) is 50.4 Å². The molecule has 5 nitrogen and oxygen atoms in total. The van der Waals surface area contributed by atoms with Gasteiger partial charge in [-0.05, 0) is 40.5 Å². The highest BCUT2D eigenvalue weighted by Crippen LogP contribution is 2.28. The van der Waals surface area contributed by atoms with Gasteiger partial charge in [-0.1, -0.05) is 15.9 Å². The predicted molar refractivity (Wildman–Crippen MR) is 87.2 cm³/mol. The third-order valence-corrected chi connectivity index (χ3v) is 6.26. The number of sulfone groups is 1. The lowest BCUT2D eigenvalue weighted by atomic mass is 10.2. The minimum Gasteiger partial charge on any atom is -0.483 e. The Morgan fingerprint density at radius 2 is 2.14 bits per heavy atom. The van der Waals surface area contributed by atoms with E-state index in [-0.39, 0.29) is 30.1 Å². The predicted octanol–water partition coefficient (Wildman–Crippen LogP) is 2.24. The molecule has 0 saturated carbocycles. The molecule has 1 heterocycles. The molecule has 1 saturated heterocycles. The number of carbonyl (C=O) groups excluding carboxylic acids is 1. The molecule has 2 rings (SSSR count). The SMILES string of the molecule is CN(C(=O)COc1ccc(Br)cc1Br)C1CCS(=O)(=O)C1. The summed E-state index contributed by atoms with van der Waals surface area (Å²) in [6.07, 6.45) is 0.493. The summed E-state index contributed by atoms with van der Waals surface area (Å²) in [6.45, 7) is -0.118. The van der Waals surface area contributed by atoms with E-state index in [0.29, 0.717) is 12.2 Å². The molecule has 1 aliphatic heterocycles. The molecular weight excluding hydrogens is 426 g/mol. The van der Waals surface area contributed by atoms with E-state index in [4.69, 9.17) is 4.74 Å². The van der Waals surface area contributed by atoms with Crippen LogP contribution in [0.3, 0.4) is 0 Å². The minimum absolute atomic E-state index is 0.0389. The van der Waals surface area contributed by atoms with Gasteiger partial charge in [0.25, 0.3) is 5.91 Å². The number of hydrogen-bond acceptors (Lipinski definition) is 4. The van der Waals surface area contributed by atoms with Crippen molar-refractivity contribution < 1.29 is 17.9 Å². The van der Waals surface area contributed by atoms with Crippen molar-refractivity contribution in [1.82, 2.24) is 4.90 Å². The van der Waals surface area contributed by atoms with Gasteiger partial charge < -0.3 is 9.64 Å². The molecule has 0 radical (unpaired) electrons. The lowest BCUT2D eigenvalue weighted by Crippen LogP contribution is -2.40. The monoisotopic (exact) mass is 439 g/mol. The van der Waals surface area contributed by atoms with Gasteiger partial charge in [-0.25, -0.2) is 8.42 Å². The number of hydrogen-bond donors (Lipinski definition) is 0. The van der Waals surface area contributed by atoms with Crippen molar-refractivity contribution >= 4 is 47.6 Å². The van der Waals surface area contributed by atoms with E-state index >= 15 is 0 Å². The van der Waals surface area contributed by atoms with Crippen LogP contribution in [0.25, 0.3) is 0 Å². The summed E-state index contributed by atoms with van der Waals surface area (Å²) in [7, 11) is -1.38. The van der Waals surface area contributed by atoms with Gasteiger partial charge in [-0.15, -0.1) is 0 Å². The molecule has 0 N–H and O–H groups in total. The Labute approximate surface area is 140 Å². The Morgan fingerprint density at radius 1 is 1.43 bits per heavy atom. The quantitative estimate of drug-likeness (QED) is 0.720. The second-order valence-electron chi connectivity index (χ2n) is 4.92. The number of ether oxygens (including phenoxy) is 1. The van der Waals surface area contributed by atoms with Crippen LogP contribution >= 0.6 is 31.9 Å². The molecule has 0 spiro atoms. The molecule has 21 heavy (non-hydrogen) atoms. The summed E-state index contributed by atoms with van der Waals surface area (Å²) >= 11 is 6.69. The van der Waals surface area contributed by atoms with Gasteiger partial charge >= 0.3 is 0 Å². The van der Waals surface area contributed by atoms with Crippen molar-refractivity contribution in [3.63, 3.8) is 0 Å². The molecule has 1 aliphatic rings. The van der Waals surface area contributed by atoms with Crippen molar-refractivity contribution in [2.45, 2.75) is 12.5 Å². The smallest absolute Gasteiger partial charge is 0.260 e. The molecule has 1 fully saturated rings. The molecule has 0 bridgehead atoms. The van der Waals surface area contributed by atoms with Gasteiger partial charge in [0.1, 0.15) is 5.75 Å². The highest BCUT2D eigenvalue weighted by molar-refractivity contribution is 9.11. The molecule has 8 heteroatoms. The Morgan fingerprint density at radius 3 is 2.71 bits per heavy atom. The third kappa shape index (κ3) is 4.43. The first-order chi connectivity index (χ1) is 9.78. The van der Waals surface area contributed by atoms with Crippen LogP contribution in [0.1, 0.15) is 6.42 Å². The molecule has 1 unspecified atom stereocenters. The Bertz CT molecular complexity index is 648. The van der Waals surface area contributed by atoms with Crippen molar-refractivity contribution in [2.24, 2.45) is 0 Å². The lowest BCUT2D eigenvalue weighted by Gasteiger charge is -2.23. The second kappa shape index (κ2) is 6.66. The van der Waals surface area contributed by atoms with E-state index in [1.807, 2.05) is 12.1 Å². The normalized spacial score (nSPS) is 20.2. The highest BCUT2D eigenvalue weighted by Gasteiger charge is 2.32. The van der Waals surface area contributed by atoms with Crippen LogP contribution in [0.5, 0.6) is 5.75 Å². The summed E-state index contributed by atoms with van der Waals surface area (Å²) in [5.41, 5.74) is 0. The molecule has 0 aromatic heterocycles. The summed E-state index contributed by atoms with van der Waals surface area (Å²) < 4.78 is 30.0. The van der Waals surface area contributed by atoms with Crippen LogP contribution < -0.4 is 4.74 Å². The number of rotatable bonds is 4. The zero-order valence-electron chi connectivity index (χ0n) is 11.4. The molecule has 1 aromatic rings. The first-order valence-electron chi connectivity index (χ1n) is 6.32. The average Bonchev–Trinajstić information content (AvgIpc) is 2.77. The lowest BCUT2D eigenvalue weighted by molar-refractivity contribution is -0.133.